The van der Waals surface area contributed by atoms with Crippen molar-refractivity contribution in [3.8, 4) is 6.07 Å². The zero-order valence-electron chi connectivity index (χ0n) is 16.2. The second-order valence-corrected chi connectivity index (χ2v) is 7.76. The number of amides is 1. The van der Waals surface area contributed by atoms with E-state index in [2.05, 4.69) is 18.1 Å². The van der Waals surface area contributed by atoms with E-state index in [0.717, 1.165) is 35.1 Å². The summed E-state index contributed by atoms with van der Waals surface area (Å²) in [5.74, 6) is 0.709. The minimum Gasteiger partial charge on any atom is -0.341 e. The minimum atomic E-state index is 0.128. The number of aromatic nitrogens is 3. The highest BCUT2D eigenvalue weighted by atomic mass is 16.2. The van der Waals surface area contributed by atoms with Crippen LogP contribution in [0.4, 0.5) is 0 Å². The van der Waals surface area contributed by atoms with Crippen LogP contribution in [-0.4, -0.2) is 38.7 Å². The highest BCUT2D eigenvalue weighted by Crippen LogP contribution is 2.31. The van der Waals surface area contributed by atoms with Crippen molar-refractivity contribution in [2.45, 2.75) is 25.7 Å². The monoisotopic (exact) mass is 373 g/mol. The van der Waals surface area contributed by atoms with Gasteiger partial charge in [0, 0.05) is 43.3 Å². The number of nitriles is 1. The van der Waals surface area contributed by atoms with Gasteiger partial charge in [0.05, 0.1) is 23.7 Å². The molecule has 1 aliphatic rings. The van der Waals surface area contributed by atoms with E-state index in [4.69, 9.17) is 4.98 Å². The van der Waals surface area contributed by atoms with Crippen molar-refractivity contribution in [2.75, 3.05) is 13.1 Å². The Morgan fingerprint density at radius 1 is 1.29 bits per heavy atom. The molecule has 0 spiro atoms. The molecule has 4 rings (SSSR count). The highest BCUT2D eigenvalue weighted by molar-refractivity contribution is 5.84. The first-order valence-corrected chi connectivity index (χ1v) is 9.58. The van der Waals surface area contributed by atoms with E-state index in [0.29, 0.717) is 24.4 Å². The summed E-state index contributed by atoms with van der Waals surface area (Å²) in [5.41, 5.74) is 3.23. The van der Waals surface area contributed by atoms with Crippen molar-refractivity contribution in [1.29, 1.82) is 5.26 Å². The van der Waals surface area contributed by atoms with Crippen molar-refractivity contribution in [3.63, 3.8) is 0 Å². The van der Waals surface area contributed by atoms with Gasteiger partial charge in [0.2, 0.25) is 5.91 Å². The molecule has 28 heavy (non-hydrogen) atoms. The SMILES string of the molecule is CC1CC(c2ccc3cccc(C#N)c3n2)CN(C(=O)Cc2cnn(C)c2)C1. The largest absolute Gasteiger partial charge is 0.341 e. The third kappa shape index (κ3) is 3.61. The van der Waals surface area contributed by atoms with Gasteiger partial charge in [0.1, 0.15) is 6.07 Å². The molecule has 1 saturated heterocycles. The second-order valence-electron chi connectivity index (χ2n) is 7.76. The third-order valence-electron chi connectivity index (χ3n) is 5.41. The third-order valence-corrected chi connectivity index (χ3v) is 5.41. The predicted molar refractivity (Wildman–Crippen MR) is 106 cm³/mol. The normalized spacial score (nSPS) is 19.5. The molecule has 3 aromatic rings. The molecule has 6 heteroatoms. The van der Waals surface area contributed by atoms with Gasteiger partial charge in [0.15, 0.2) is 0 Å². The van der Waals surface area contributed by atoms with E-state index in [1.165, 1.54) is 0 Å². The summed E-state index contributed by atoms with van der Waals surface area (Å²) in [7, 11) is 1.86. The Morgan fingerprint density at radius 2 is 2.14 bits per heavy atom. The molecule has 2 unspecified atom stereocenters. The average molecular weight is 373 g/mol. The number of nitrogens with zero attached hydrogens (tertiary/aromatic N) is 5. The maximum absolute atomic E-state index is 12.8. The van der Waals surface area contributed by atoms with E-state index in [-0.39, 0.29) is 11.8 Å². The Balaban J connectivity index is 1.57. The van der Waals surface area contributed by atoms with Crippen molar-refractivity contribution >= 4 is 16.8 Å². The zero-order valence-corrected chi connectivity index (χ0v) is 16.2. The average Bonchev–Trinajstić information content (AvgIpc) is 3.11. The van der Waals surface area contributed by atoms with E-state index >= 15 is 0 Å². The van der Waals surface area contributed by atoms with Gasteiger partial charge in [-0.3, -0.25) is 14.5 Å². The quantitative estimate of drug-likeness (QED) is 0.707. The van der Waals surface area contributed by atoms with Gasteiger partial charge in [-0.25, -0.2) is 0 Å². The Kier molecular flexibility index (Phi) is 4.82. The van der Waals surface area contributed by atoms with Crippen LogP contribution >= 0.6 is 0 Å². The fourth-order valence-corrected chi connectivity index (χ4v) is 4.10. The number of likely N-dealkylation sites (tertiary alicyclic amines) is 1. The number of benzene rings is 1. The van der Waals surface area contributed by atoms with E-state index < -0.39 is 0 Å². The molecule has 0 radical (unpaired) electrons. The van der Waals surface area contributed by atoms with Gasteiger partial charge in [-0.1, -0.05) is 25.1 Å². The first kappa shape index (κ1) is 18.2. The lowest BCUT2D eigenvalue weighted by Crippen LogP contribution is -2.43. The van der Waals surface area contributed by atoms with Crippen LogP contribution in [0.5, 0.6) is 0 Å². The van der Waals surface area contributed by atoms with Crippen molar-refractivity contribution < 1.29 is 4.79 Å². The van der Waals surface area contributed by atoms with E-state index in [1.54, 1.807) is 16.9 Å². The number of rotatable bonds is 3. The molecule has 1 aliphatic heterocycles. The van der Waals surface area contributed by atoms with Gasteiger partial charge >= 0.3 is 0 Å². The molecule has 1 fully saturated rings. The fourth-order valence-electron chi connectivity index (χ4n) is 4.10. The smallest absolute Gasteiger partial charge is 0.227 e. The van der Waals surface area contributed by atoms with Gasteiger partial charge in [-0.2, -0.15) is 10.4 Å². The van der Waals surface area contributed by atoms with Crippen LogP contribution in [0.1, 0.15) is 36.1 Å². The number of hydrogen-bond donors (Lipinski definition) is 0. The Hall–Kier alpha value is -3.20. The Labute approximate surface area is 164 Å². The molecule has 0 bridgehead atoms. The number of hydrogen-bond acceptors (Lipinski definition) is 4. The van der Waals surface area contributed by atoms with Crippen molar-refractivity contribution in [2.24, 2.45) is 13.0 Å². The molecule has 1 amide bonds. The number of aryl methyl sites for hydroxylation is 1. The second kappa shape index (κ2) is 7.43. The summed E-state index contributed by atoms with van der Waals surface area (Å²) < 4.78 is 1.72. The molecule has 6 nitrogen and oxygen atoms in total. The predicted octanol–water partition coefficient (Wildman–Crippen LogP) is 3.03. The van der Waals surface area contributed by atoms with Crippen molar-refractivity contribution in [3.05, 3.63) is 59.5 Å². The Morgan fingerprint density at radius 3 is 2.89 bits per heavy atom. The number of piperidine rings is 1. The van der Waals surface area contributed by atoms with Crippen LogP contribution in [0.25, 0.3) is 10.9 Å². The number of carbonyl (C=O) groups excluding carboxylic acids is 1. The van der Waals surface area contributed by atoms with Gasteiger partial charge < -0.3 is 4.90 Å². The summed E-state index contributed by atoms with van der Waals surface area (Å²) in [6.07, 6.45) is 5.00. The van der Waals surface area contributed by atoms with Gasteiger partial charge in [-0.05, 0) is 30.0 Å². The number of fused-ring (bicyclic) bond motifs is 1. The summed E-state index contributed by atoms with van der Waals surface area (Å²) in [6.45, 7) is 3.61. The van der Waals surface area contributed by atoms with Crippen LogP contribution in [0.15, 0.2) is 42.7 Å². The molecular weight excluding hydrogens is 350 g/mol. The van der Waals surface area contributed by atoms with E-state index in [1.807, 2.05) is 42.4 Å². The molecule has 3 heterocycles. The standard InChI is InChI=1S/C22H23N5O/c1-15-8-19(14-27(12-15)21(28)9-16-11-24-26(2)13-16)20-7-6-17-4-3-5-18(10-23)22(17)25-20/h3-7,11,13,15,19H,8-9,12,14H2,1-2H3. The zero-order chi connectivity index (χ0) is 19.7. The summed E-state index contributed by atoms with van der Waals surface area (Å²) in [5, 5.41) is 14.5. The molecule has 2 aromatic heterocycles. The van der Waals surface area contributed by atoms with Crippen molar-refractivity contribution in [1.82, 2.24) is 19.7 Å². The molecule has 0 aliphatic carbocycles. The van der Waals surface area contributed by atoms with Crippen LogP contribution in [0.3, 0.4) is 0 Å². The van der Waals surface area contributed by atoms with E-state index in [9.17, 15) is 10.1 Å². The molecule has 0 saturated carbocycles. The summed E-state index contributed by atoms with van der Waals surface area (Å²) in [4.78, 5) is 19.6. The van der Waals surface area contributed by atoms with Gasteiger partial charge in [-0.15, -0.1) is 0 Å². The minimum absolute atomic E-state index is 0.128. The first-order valence-electron chi connectivity index (χ1n) is 9.58. The maximum Gasteiger partial charge on any atom is 0.227 e. The van der Waals surface area contributed by atoms with Gasteiger partial charge in [0.25, 0.3) is 0 Å². The molecular formula is C22H23N5O. The Bertz CT molecular complexity index is 1060. The molecule has 0 N–H and O–H groups in total. The maximum atomic E-state index is 12.8. The summed E-state index contributed by atoms with van der Waals surface area (Å²) in [6, 6.07) is 11.9. The number of pyridine rings is 1. The first-order chi connectivity index (χ1) is 13.5. The van der Waals surface area contributed by atoms with Crippen LogP contribution in [-0.2, 0) is 18.3 Å². The molecule has 142 valence electrons. The van der Waals surface area contributed by atoms with Crippen LogP contribution in [0, 0.1) is 17.2 Å². The number of carbonyl (C=O) groups is 1. The van der Waals surface area contributed by atoms with Crippen LogP contribution in [0.2, 0.25) is 0 Å². The summed E-state index contributed by atoms with van der Waals surface area (Å²) >= 11 is 0. The molecule has 1 aromatic carbocycles. The topological polar surface area (TPSA) is 74.8 Å². The molecule has 2 atom stereocenters. The van der Waals surface area contributed by atoms with Crippen LogP contribution < -0.4 is 0 Å². The fraction of sp³-hybridized carbons (Fsp3) is 0.364. The lowest BCUT2D eigenvalue weighted by Gasteiger charge is -2.36. The lowest BCUT2D eigenvalue weighted by molar-refractivity contribution is -0.132. The lowest BCUT2D eigenvalue weighted by atomic mass is 9.87. The number of para-hydroxylation sites is 1. The highest BCUT2D eigenvalue weighted by Gasteiger charge is 2.29.